The lowest BCUT2D eigenvalue weighted by Gasteiger charge is -2.33. The van der Waals surface area contributed by atoms with E-state index in [4.69, 9.17) is 11.6 Å². The SMILES string of the molecule is O=C(c1nc2c(C(F)(F)F)cc(-c3cn[nH]c3)cn2c1Cl)N1CCN(C2=NCCS2)C(=O)C1. The summed E-state index contributed by atoms with van der Waals surface area (Å²) in [4.78, 5) is 36.6. The number of imidazole rings is 1. The normalized spacial score (nSPS) is 17.2. The van der Waals surface area contributed by atoms with Crippen molar-refractivity contribution in [3.8, 4) is 11.1 Å². The van der Waals surface area contributed by atoms with Crippen molar-refractivity contribution in [3.63, 3.8) is 0 Å². The number of carbonyl (C=O) groups excluding carboxylic acids is 2. The molecule has 0 unspecified atom stereocenters. The highest BCUT2D eigenvalue weighted by molar-refractivity contribution is 8.14. The number of hydrogen-bond donors (Lipinski definition) is 1. The molecule has 33 heavy (non-hydrogen) atoms. The number of alkyl halides is 3. The number of rotatable bonds is 2. The van der Waals surface area contributed by atoms with Crippen LogP contribution in [0.15, 0.2) is 29.6 Å². The van der Waals surface area contributed by atoms with Crippen LogP contribution in [-0.2, 0) is 11.0 Å². The van der Waals surface area contributed by atoms with Gasteiger partial charge in [-0.2, -0.15) is 18.3 Å². The number of hydrogen-bond acceptors (Lipinski definition) is 6. The Bertz CT molecular complexity index is 1290. The molecule has 3 aromatic rings. The molecule has 9 nitrogen and oxygen atoms in total. The summed E-state index contributed by atoms with van der Waals surface area (Å²) < 4.78 is 42.4. The number of amides is 2. The number of pyridine rings is 1. The highest BCUT2D eigenvalue weighted by Crippen LogP contribution is 2.37. The molecule has 0 aromatic carbocycles. The first kappa shape index (κ1) is 21.8. The summed E-state index contributed by atoms with van der Waals surface area (Å²) in [5.74, 6) is -0.238. The number of fused-ring (bicyclic) bond motifs is 1. The third kappa shape index (κ3) is 3.84. The second kappa shape index (κ2) is 8.06. The molecule has 0 saturated carbocycles. The molecule has 0 radical (unpaired) electrons. The summed E-state index contributed by atoms with van der Waals surface area (Å²) in [7, 11) is 0. The molecular formula is C19H15ClF3N7O2S. The van der Waals surface area contributed by atoms with Gasteiger partial charge in [0.2, 0.25) is 5.91 Å². The predicted octanol–water partition coefficient (Wildman–Crippen LogP) is 2.78. The molecule has 1 N–H and O–H groups in total. The van der Waals surface area contributed by atoms with Crippen molar-refractivity contribution in [2.45, 2.75) is 6.18 Å². The standard InChI is InChI=1S/C19H15ClF3N7O2S/c20-15-14(17(32)28-2-3-29(13(31)9-28)18-24-1-4-33-18)27-16-12(19(21,22)23)5-10(8-30(15)16)11-6-25-26-7-11/h5-8H,1-4,9H2,(H,25,26). The van der Waals surface area contributed by atoms with E-state index in [9.17, 15) is 22.8 Å². The third-order valence-electron chi connectivity index (χ3n) is 5.31. The molecule has 5 heterocycles. The molecule has 2 amide bonds. The quantitative estimate of drug-likeness (QED) is 0.587. The number of H-pyrrole nitrogens is 1. The van der Waals surface area contributed by atoms with Gasteiger partial charge in [0.05, 0.1) is 18.3 Å². The van der Waals surface area contributed by atoms with Crippen LogP contribution < -0.4 is 0 Å². The number of aromatic amines is 1. The van der Waals surface area contributed by atoms with Crippen molar-refractivity contribution in [1.29, 1.82) is 0 Å². The van der Waals surface area contributed by atoms with Crippen LogP contribution in [0.2, 0.25) is 5.15 Å². The smallest absolute Gasteiger partial charge is 0.326 e. The maximum absolute atomic E-state index is 13.8. The molecule has 5 rings (SSSR count). The van der Waals surface area contributed by atoms with E-state index in [-0.39, 0.29) is 42.0 Å². The Hall–Kier alpha value is -3.06. The minimum atomic E-state index is -4.74. The van der Waals surface area contributed by atoms with Gasteiger partial charge in [0.25, 0.3) is 5.91 Å². The lowest BCUT2D eigenvalue weighted by molar-refractivity contribution is -0.136. The van der Waals surface area contributed by atoms with Gasteiger partial charge in [-0.05, 0) is 6.07 Å². The zero-order valence-corrected chi connectivity index (χ0v) is 18.3. The van der Waals surface area contributed by atoms with Crippen molar-refractivity contribution in [2.24, 2.45) is 4.99 Å². The highest BCUT2D eigenvalue weighted by Gasteiger charge is 2.38. The second-order valence-electron chi connectivity index (χ2n) is 7.36. The zero-order chi connectivity index (χ0) is 23.3. The van der Waals surface area contributed by atoms with Gasteiger partial charge in [-0.25, -0.2) is 4.98 Å². The van der Waals surface area contributed by atoms with Crippen molar-refractivity contribution >= 4 is 46.0 Å². The Morgan fingerprint density at radius 3 is 2.70 bits per heavy atom. The molecular weight excluding hydrogens is 483 g/mol. The van der Waals surface area contributed by atoms with E-state index in [0.717, 1.165) is 16.2 Å². The zero-order valence-electron chi connectivity index (χ0n) is 16.8. The number of aliphatic imine (C=N–C) groups is 1. The van der Waals surface area contributed by atoms with E-state index in [1.165, 1.54) is 40.2 Å². The predicted molar refractivity (Wildman–Crippen MR) is 115 cm³/mol. The Morgan fingerprint density at radius 2 is 2.06 bits per heavy atom. The molecule has 172 valence electrons. The third-order valence-corrected chi connectivity index (χ3v) is 6.67. The number of amidine groups is 1. The van der Waals surface area contributed by atoms with E-state index in [1.54, 1.807) is 0 Å². The number of thioether (sulfide) groups is 1. The van der Waals surface area contributed by atoms with Gasteiger partial charge >= 0.3 is 6.18 Å². The molecule has 1 saturated heterocycles. The first-order chi connectivity index (χ1) is 15.7. The summed E-state index contributed by atoms with van der Waals surface area (Å²) >= 11 is 7.81. The maximum atomic E-state index is 13.8. The Kier molecular flexibility index (Phi) is 5.32. The monoisotopic (exact) mass is 497 g/mol. The summed E-state index contributed by atoms with van der Waals surface area (Å²) in [5, 5.41) is 6.66. The van der Waals surface area contributed by atoms with Crippen LogP contribution in [0.25, 0.3) is 16.8 Å². The summed E-state index contributed by atoms with van der Waals surface area (Å²) in [5.41, 5.74) is -1.28. The number of halogens is 4. The van der Waals surface area contributed by atoms with Crippen LogP contribution in [-0.4, -0.2) is 78.3 Å². The van der Waals surface area contributed by atoms with E-state index in [0.29, 0.717) is 17.3 Å². The lowest BCUT2D eigenvalue weighted by atomic mass is 10.1. The largest absolute Gasteiger partial charge is 0.420 e. The van der Waals surface area contributed by atoms with E-state index in [2.05, 4.69) is 20.2 Å². The van der Waals surface area contributed by atoms with E-state index >= 15 is 0 Å². The van der Waals surface area contributed by atoms with Crippen molar-refractivity contribution < 1.29 is 22.8 Å². The lowest BCUT2D eigenvalue weighted by Crippen LogP contribution is -2.53. The van der Waals surface area contributed by atoms with Crippen molar-refractivity contribution in [3.05, 3.63) is 41.1 Å². The number of carbonyl (C=O) groups is 2. The average Bonchev–Trinajstić information content (AvgIpc) is 3.54. The molecule has 0 bridgehead atoms. The van der Waals surface area contributed by atoms with Crippen LogP contribution >= 0.6 is 23.4 Å². The topological polar surface area (TPSA) is 99.0 Å². The Morgan fingerprint density at radius 1 is 1.24 bits per heavy atom. The van der Waals surface area contributed by atoms with Gasteiger partial charge in [-0.3, -0.25) is 29.0 Å². The Labute approximate surface area is 193 Å². The fourth-order valence-corrected chi connectivity index (χ4v) is 4.86. The van der Waals surface area contributed by atoms with Gasteiger partial charge in [0.15, 0.2) is 16.5 Å². The first-order valence-corrected chi connectivity index (χ1v) is 11.1. The van der Waals surface area contributed by atoms with Crippen molar-refractivity contribution in [2.75, 3.05) is 31.9 Å². The fourth-order valence-electron chi connectivity index (χ4n) is 3.71. The molecule has 14 heteroatoms. The highest BCUT2D eigenvalue weighted by atomic mass is 35.5. The molecule has 0 spiro atoms. The van der Waals surface area contributed by atoms with Crippen LogP contribution in [0.3, 0.4) is 0 Å². The summed E-state index contributed by atoms with van der Waals surface area (Å²) in [6.45, 7) is 0.807. The number of aromatic nitrogens is 4. The van der Waals surface area contributed by atoms with Gasteiger partial charge in [-0.1, -0.05) is 23.4 Å². The summed E-state index contributed by atoms with van der Waals surface area (Å²) in [6.07, 6.45) is -0.566. The minimum absolute atomic E-state index is 0.181. The number of nitrogens with one attached hydrogen (secondary N) is 1. The maximum Gasteiger partial charge on any atom is 0.420 e. The van der Waals surface area contributed by atoms with E-state index < -0.39 is 23.3 Å². The van der Waals surface area contributed by atoms with Gasteiger partial charge in [0, 0.05) is 42.4 Å². The van der Waals surface area contributed by atoms with Crippen LogP contribution in [0, 0.1) is 0 Å². The van der Waals surface area contributed by atoms with E-state index in [1.807, 2.05) is 0 Å². The van der Waals surface area contributed by atoms with Gasteiger partial charge < -0.3 is 4.90 Å². The van der Waals surface area contributed by atoms with Crippen LogP contribution in [0.5, 0.6) is 0 Å². The molecule has 0 aliphatic carbocycles. The average molecular weight is 498 g/mol. The molecule has 2 aliphatic rings. The van der Waals surface area contributed by atoms with Gasteiger partial charge in [-0.15, -0.1) is 0 Å². The molecule has 2 aliphatic heterocycles. The molecule has 3 aromatic heterocycles. The minimum Gasteiger partial charge on any atom is -0.326 e. The van der Waals surface area contributed by atoms with Gasteiger partial charge in [0.1, 0.15) is 11.7 Å². The first-order valence-electron chi connectivity index (χ1n) is 9.79. The molecule has 0 atom stereocenters. The summed E-state index contributed by atoms with van der Waals surface area (Å²) in [6, 6.07) is 0.931. The Balaban J connectivity index is 1.50. The second-order valence-corrected chi connectivity index (χ2v) is 8.78. The van der Waals surface area contributed by atoms with Crippen molar-refractivity contribution in [1.82, 2.24) is 29.4 Å². The number of nitrogens with zero attached hydrogens (tertiary/aromatic N) is 6. The number of piperazine rings is 1. The van der Waals surface area contributed by atoms with Crippen LogP contribution in [0.1, 0.15) is 16.1 Å². The fraction of sp³-hybridized carbons (Fsp3) is 0.316. The molecule has 1 fully saturated rings. The van der Waals surface area contributed by atoms with Crippen LogP contribution in [0.4, 0.5) is 13.2 Å².